The summed E-state index contributed by atoms with van der Waals surface area (Å²) in [7, 11) is 0. The van der Waals surface area contributed by atoms with Gasteiger partial charge in [-0.1, -0.05) is 37.1 Å². The molecule has 0 amide bonds. The molecule has 1 heteroatoms. The van der Waals surface area contributed by atoms with Gasteiger partial charge in [0.2, 0.25) is 0 Å². The summed E-state index contributed by atoms with van der Waals surface area (Å²) >= 11 is 0. The average molecular weight is 187 g/mol. The zero-order valence-corrected chi connectivity index (χ0v) is 8.58. The van der Waals surface area contributed by atoms with Crippen LogP contribution in [-0.2, 0) is 13.1 Å². The molecule has 3 rings (SSSR count). The van der Waals surface area contributed by atoms with Gasteiger partial charge in [-0.3, -0.25) is 4.90 Å². The molecule has 1 aromatic rings. The predicted molar refractivity (Wildman–Crippen MR) is 57.9 cm³/mol. The topological polar surface area (TPSA) is 3.24 Å². The quantitative estimate of drug-likeness (QED) is 0.653. The van der Waals surface area contributed by atoms with Gasteiger partial charge in [-0.25, -0.2) is 0 Å². The maximum absolute atomic E-state index is 2.66. The van der Waals surface area contributed by atoms with Crippen molar-refractivity contribution in [2.75, 3.05) is 0 Å². The lowest BCUT2D eigenvalue weighted by molar-refractivity contribution is 0.202. The predicted octanol–water partition coefficient (Wildman–Crippen LogP) is 2.94. The molecule has 1 nitrogen and oxygen atoms in total. The van der Waals surface area contributed by atoms with Gasteiger partial charge in [-0.05, 0) is 24.0 Å². The first-order valence-electron chi connectivity index (χ1n) is 5.74. The van der Waals surface area contributed by atoms with Crippen molar-refractivity contribution in [1.82, 2.24) is 4.90 Å². The molecule has 1 aromatic carbocycles. The van der Waals surface area contributed by atoms with Crippen LogP contribution in [-0.4, -0.2) is 10.9 Å². The van der Waals surface area contributed by atoms with Gasteiger partial charge in [0.25, 0.3) is 0 Å². The summed E-state index contributed by atoms with van der Waals surface area (Å²) in [6, 6.07) is 9.77. The van der Waals surface area contributed by atoms with E-state index in [1.54, 1.807) is 11.1 Å². The lowest BCUT2D eigenvalue weighted by atomic mass is 10.1. The van der Waals surface area contributed by atoms with E-state index in [1.165, 1.54) is 38.8 Å². The lowest BCUT2D eigenvalue weighted by Gasteiger charge is -2.22. The minimum Gasteiger partial charge on any atom is -0.292 e. The number of fused-ring (bicyclic) bond motifs is 1. The number of hydrogen-bond acceptors (Lipinski definition) is 1. The fraction of sp³-hybridized carbons (Fsp3) is 0.538. The molecule has 1 saturated carbocycles. The zero-order chi connectivity index (χ0) is 9.38. The molecule has 1 aliphatic heterocycles. The van der Waals surface area contributed by atoms with Crippen molar-refractivity contribution in [3.05, 3.63) is 35.4 Å². The van der Waals surface area contributed by atoms with Crippen LogP contribution < -0.4 is 0 Å². The summed E-state index contributed by atoms with van der Waals surface area (Å²) in [6.07, 6.45) is 5.73. The summed E-state index contributed by atoms with van der Waals surface area (Å²) in [4.78, 5) is 2.66. The molecule has 1 fully saturated rings. The Kier molecular flexibility index (Phi) is 2.06. The number of nitrogens with zero attached hydrogens (tertiary/aromatic N) is 1. The highest BCUT2D eigenvalue weighted by Crippen LogP contribution is 2.31. The van der Waals surface area contributed by atoms with Crippen LogP contribution in [0, 0.1) is 0 Å². The molecule has 0 N–H and O–H groups in total. The van der Waals surface area contributed by atoms with Gasteiger partial charge in [-0.15, -0.1) is 0 Å². The molecular weight excluding hydrogens is 170 g/mol. The summed E-state index contributed by atoms with van der Waals surface area (Å²) in [5.41, 5.74) is 3.11. The van der Waals surface area contributed by atoms with Crippen molar-refractivity contribution >= 4 is 0 Å². The van der Waals surface area contributed by atoms with Crippen molar-refractivity contribution in [3.8, 4) is 0 Å². The van der Waals surface area contributed by atoms with E-state index < -0.39 is 0 Å². The van der Waals surface area contributed by atoms with Crippen LogP contribution in [0.3, 0.4) is 0 Å². The zero-order valence-electron chi connectivity index (χ0n) is 8.58. The van der Waals surface area contributed by atoms with E-state index in [-0.39, 0.29) is 0 Å². The Morgan fingerprint density at radius 2 is 1.50 bits per heavy atom. The number of benzene rings is 1. The van der Waals surface area contributed by atoms with Crippen molar-refractivity contribution < 1.29 is 0 Å². The molecule has 0 radical (unpaired) electrons. The van der Waals surface area contributed by atoms with Gasteiger partial charge in [0.1, 0.15) is 0 Å². The van der Waals surface area contributed by atoms with Crippen LogP contribution in [0.5, 0.6) is 0 Å². The highest BCUT2D eigenvalue weighted by atomic mass is 15.2. The van der Waals surface area contributed by atoms with Gasteiger partial charge in [0.05, 0.1) is 0 Å². The van der Waals surface area contributed by atoms with E-state index in [1.807, 2.05) is 0 Å². The Labute approximate surface area is 85.7 Å². The Hall–Kier alpha value is -0.820. The van der Waals surface area contributed by atoms with E-state index in [0.29, 0.717) is 0 Å². The molecule has 0 atom stereocenters. The molecule has 0 spiro atoms. The van der Waals surface area contributed by atoms with Crippen molar-refractivity contribution in [2.45, 2.75) is 44.8 Å². The first kappa shape index (κ1) is 8.49. The summed E-state index contributed by atoms with van der Waals surface area (Å²) in [5, 5.41) is 0. The monoisotopic (exact) mass is 187 g/mol. The SMILES string of the molecule is c1ccc2c(c1)CN(C1CCCC1)C2. The highest BCUT2D eigenvalue weighted by molar-refractivity contribution is 5.30. The molecule has 14 heavy (non-hydrogen) atoms. The van der Waals surface area contributed by atoms with Crippen LogP contribution in [0.1, 0.15) is 36.8 Å². The van der Waals surface area contributed by atoms with Gasteiger partial charge < -0.3 is 0 Å². The van der Waals surface area contributed by atoms with Gasteiger partial charge >= 0.3 is 0 Å². The Bertz CT molecular complexity index is 301. The third-order valence-electron chi connectivity index (χ3n) is 3.71. The molecule has 2 aliphatic rings. The van der Waals surface area contributed by atoms with E-state index >= 15 is 0 Å². The van der Waals surface area contributed by atoms with Crippen LogP contribution in [0.2, 0.25) is 0 Å². The molecular formula is C13H17N. The minimum atomic E-state index is 0.877. The van der Waals surface area contributed by atoms with E-state index in [9.17, 15) is 0 Å². The third-order valence-corrected chi connectivity index (χ3v) is 3.71. The first-order chi connectivity index (χ1) is 6.93. The summed E-state index contributed by atoms with van der Waals surface area (Å²) < 4.78 is 0. The second-order valence-electron chi connectivity index (χ2n) is 4.61. The van der Waals surface area contributed by atoms with E-state index in [2.05, 4.69) is 29.2 Å². The van der Waals surface area contributed by atoms with Gasteiger partial charge in [0, 0.05) is 19.1 Å². The Balaban J connectivity index is 1.77. The number of rotatable bonds is 1. The molecule has 0 bridgehead atoms. The second-order valence-corrected chi connectivity index (χ2v) is 4.61. The first-order valence-corrected chi connectivity index (χ1v) is 5.74. The molecule has 74 valence electrons. The largest absolute Gasteiger partial charge is 0.292 e. The lowest BCUT2D eigenvalue weighted by Crippen LogP contribution is -2.27. The fourth-order valence-corrected chi connectivity index (χ4v) is 2.89. The Morgan fingerprint density at radius 3 is 2.07 bits per heavy atom. The minimum absolute atomic E-state index is 0.877. The average Bonchev–Trinajstić information content (AvgIpc) is 2.86. The van der Waals surface area contributed by atoms with Crippen LogP contribution in [0.4, 0.5) is 0 Å². The normalized spacial score (nSPS) is 22.9. The second kappa shape index (κ2) is 3.39. The maximum Gasteiger partial charge on any atom is 0.0243 e. The van der Waals surface area contributed by atoms with Crippen molar-refractivity contribution in [3.63, 3.8) is 0 Å². The van der Waals surface area contributed by atoms with Crippen LogP contribution >= 0.6 is 0 Å². The molecule has 1 heterocycles. The molecule has 0 saturated heterocycles. The van der Waals surface area contributed by atoms with E-state index in [4.69, 9.17) is 0 Å². The maximum atomic E-state index is 2.66. The standard InChI is InChI=1S/C13H17N/c1-2-6-12-10-14(9-11(12)5-1)13-7-3-4-8-13/h1-2,5-6,13H,3-4,7-10H2. The van der Waals surface area contributed by atoms with Crippen molar-refractivity contribution in [1.29, 1.82) is 0 Å². The van der Waals surface area contributed by atoms with Gasteiger partial charge in [0.15, 0.2) is 0 Å². The van der Waals surface area contributed by atoms with Crippen LogP contribution in [0.25, 0.3) is 0 Å². The van der Waals surface area contributed by atoms with E-state index in [0.717, 1.165) is 6.04 Å². The van der Waals surface area contributed by atoms with Crippen LogP contribution in [0.15, 0.2) is 24.3 Å². The van der Waals surface area contributed by atoms with Crippen molar-refractivity contribution in [2.24, 2.45) is 0 Å². The Morgan fingerprint density at radius 1 is 0.929 bits per heavy atom. The number of hydrogen-bond donors (Lipinski definition) is 0. The molecule has 0 aromatic heterocycles. The highest BCUT2D eigenvalue weighted by Gasteiger charge is 2.27. The summed E-state index contributed by atoms with van der Waals surface area (Å²) in [5.74, 6) is 0. The third kappa shape index (κ3) is 1.36. The fourth-order valence-electron chi connectivity index (χ4n) is 2.89. The summed E-state index contributed by atoms with van der Waals surface area (Å²) in [6.45, 7) is 2.39. The molecule has 1 aliphatic carbocycles. The molecule has 0 unspecified atom stereocenters. The smallest absolute Gasteiger partial charge is 0.0243 e. The van der Waals surface area contributed by atoms with Gasteiger partial charge in [-0.2, -0.15) is 0 Å².